The quantitative estimate of drug-likeness (QED) is 0.617. The minimum absolute atomic E-state index is 0.584. The predicted molar refractivity (Wildman–Crippen MR) is 53.9 cm³/mol. The van der Waals surface area contributed by atoms with Gasteiger partial charge in [-0.3, -0.25) is 0 Å². The van der Waals surface area contributed by atoms with Gasteiger partial charge in [0.25, 0.3) is 0 Å². The molecule has 0 aliphatic carbocycles. The Kier molecular flexibility index (Phi) is 3.30. The highest BCUT2D eigenvalue weighted by Crippen LogP contribution is 2.07. The van der Waals surface area contributed by atoms with Gasteiger partial charge >= 0.3 is 0 Å². The van der Waals surface area contributed by atoms with E-state index < -0.39 is 0 Å². The number of hydrogen-bond acceptors (Lipinski definition) is 3. The minimum atomic E-state index is 0.584. The molecule has 1 rings (SSSR count). The third-order valence-corrected chi connectivity index (χ3v) is 1.58. The maximum Gasteiger partial charge on any atom is 0.116 e. The van der Waals surface area contributed by atoms with Crippen LogP contribution in [0.15, 0.2) is 12.3 Å². The molecule has 0 spiro atoms. The van der Waals surface area contributed by atoms with Crippen molar-refractivity contribution in [1.29, 1.82) is 0 Å². The Morgan fingerprint density at radius 3 is 2.92 bits per heavy atom. The van der Waals surface area contributed by atoms with Crippen LogP contribution in [0.4, 0.5) is 5.69 Å². The van der Waals surface area contributed by atoms with Crippen LogP contribution in [0, 0.1) is 18.8 Å². The molecule has 0 bridgehead atoms. The molecule has 4 N–H and O–H groups in total. The molecule has 0 aliphatic rings. The fraction of sp³-hybridized carbons (Fsp3) is 0.300. The molecule has 0 saturated heterocycles. The highest BCUT2D eigenvalue weighted by atomic mass is 14.7. The van der Waals surface area contributed by atoms with E-state index in [0.29, 0.717) is 18.7 Å². The van der Waals surface area contributed by atoms with Crippen molar-refractivity contribution in [1.82, 2.24) is 4.98 Å². The zero-order chi connectivity index (χ0) is 9.68. The zero-order valence-corrected chi connectivity index (χ0v) is 7.67. The molecule has 0 atom stereocenters. The lowest BCUT2D eigenvalue weighted by Crippen LogP contribution is -1.96. The van der Waals surface area contributed by atoms with Crippen LogP contribution in [0.5, 0.6) is 0 Å². The molecule has 0 aliphatic heterocycles. The summed E-state index contributed by atoms with van der Waals surface area (Å²) in [5, 5.41) is 0. The number of anilines is 1. The monoisotopic (exact) mass is 175 g/mol. The third kappa shape index (κ3) is 2.77. The zero-order valence-electron chi connectivity index (χ0n) is 7.67. The molecule has 0 amide bonds. The van der Waals surface area contributed by atoms with Gasteiger partial charge in [0.15, 0.2) is 0 Å². The fourth-order valence-corrected chi connectivity index (χ4v) is 0.946. The average molecular weight is 175 g/mol. The van der Waals surface area contributed by atoms with Crippen LogP contribution in [-0.2, 0) is 0 Å². The number of rotatable bonds is 1. The number of nitrogens with two attached hydrogens (primary N) is 2. The molecule has 0 aromatic carbocycles. The van der Waals surface area contributed by atoms with Gasteiger partial charge in [-0.2, -0.15) is 0 Å². The molecule has 1 heterocycles. The van der Waals surface area contributed by atoms with E-state index in [0.717, 1.165) is 11.3 Å². The molecular formula is C10H13N3. The van der Waals surface area contributed by atoms with Crippen LogP contribution >= 0.6 is 0 Å². The van der Waals surface area contributed by atoms with Crippen molar-refractivity contribution in [2.45, 2.75) is 13.3 Å². The van der Waals surface area contributed by atoms with Crippen LogP contribution in [0.1, 0.15) is 17.7 Å². The third-order valence-electron chi connectivity index (χ3n) is 1.58. The SMILES string of the molecule is Cc1cc(N)cnc1C#CCCN. The smallest absolute Gasteiger partial charge is 0.116 e. The van der Waals surface area contributed by atoms with Crippen LogP contribution in [0.25, 0.3) is 0 Å². The first kappa shape index (κ1) is 9.56. The lowest BCUT2D eigenvalue weighted by molar-refractivity contribution is 1.03. The van der Waals surface area contributed by atoms with E-state index in [-0.39, 0.29) is 0 Å². The Hall–Kier alpha value is -1.53. The van der Waals surface area contributed by atoms with E-state index >= 15 is 0 Å². The summed E-state index contributed by atoms with van der Waals surface area (Å²) in [7, 11) is 0. The molecular weight excluding hydrogens is 162 g/mol. The Bertz CT molecular complexity index is 347. The Morgan fingerprint density at radius 1 is 1.54 bits per heavy atom. The number of nitrogen functional groups attached to an aromatic ring is 1. The number of aryl methyl sites for hydroxylation is 1. The largest absolute Gasteiger partial charge is 0.397 e. The van der Waals surface area contributed by atoms with E-state index in [2.05, 4.69) is 16.8 Å². The second-order valence-electron chi connectivity index (χ2n) is 2.77. The van der Waals surface area contributed by atoms with Crippen LogP contribution < -0.4 is 11.5 Å². The summed E-state index contributed by atoms with van der Waals surface area (Å²) in [6.45, 7) is 2.52. The van der Waals surface area contributed by atoms with Crippen molar-refractivity contribution in [2.75, 3.05) is 12.3 Å². The summed E-state index contributed by atoms with van der Waals surface area (Å²) >= 11 is 0. The van der Waals surface area contributed by atoms with E-state index in [9.17, 15) is 0 Å². The van der Waals surface area contributed by atoms with E-state index in [4.69, 9.17) is 11.5 Å². The molecule has 68 valence electrons. The highest BCUT2D eigenvalue weighted by Gasteiger charge is 1.95. The fourth-order valence-electron chi connectivity index (χ4n) is 0.946. The van der Waals surface area contributed by atoms with Crippen LogP contribution in [-0.4, -0.2) is 11.5 Å². The number of pyridine rings is 1. The predicted octanol–water partition coefficient (Wildman–Crippen LogP) is 0.673. The molecule has 0 radical (unpaired) electrons. The Balaban J connectivity index is 2.85. The maximum atomic E-state index is 5.55. The van der Waals surface area contributed by atoms with E-state index in [1.807, 2.05) is 13.0 Å². The van der Waals surface area contributed by atoms with Crippen molar-refractivity contribution in [3.63, 3.8) is 0 Å². The molecule has 0 unspecified atom stereocenters. The first-order chi connectivity index (χ1) is 6.24. The van der Waals surface area contributed by atoms with Crippen molar-refractivity contribution >= 4 is 5.69 Å². The second-order valence-corrected chi connectivity index (χ2v) is 2.77. The lowest BCUT2D eigenvalue weighted by Gasteiger charge is -1.97. The van der Waals surface area contributed by atoms with E-state index in [1.54, 1.807) is 6.20 Å². The molecule has 1 aromatic rings. The molecule has 3 heteroatoms. The molecule has 1 aromatic heterocycles. The van der Waals surface area contributed by atoms with Crippen molar-refractivity contribution in [3.05, 3.63) is 23.5 Å². The molecule has 13 heavy (non-hydrogen) atoms. The van der Waals surface area contributed by atoms with Gasteiger partial charge in [0.2, 0.25) is 0 Å². The van der Waals surface area contributed by atoms with Gasteiger partial charge in [-0.05, 0) is 24.5 Å². The summed E-state index contributed by atoms with van der Waals surface area (Å²) in [4.78, 5) is 4.11. The topological polar surface area (TPSA) is 64.9 Å². The van der Waals surface area contributed by atoms with Gasteiger partial charge in [-0.15, -0.1) is 0 Å². The molecule has 0 fully saturated rings. The molecule has 0 saturated carbocycles. The Morgan fingerprint density at radius 2 is 2.31 bits per heavy atom. The standard InChI is InChI=1S/C10H13N3/c1-8-6-9(12)7-13-10(8)4-2-3-5-11/h6-7H,3,5,11-12H2,1H3. The van der Waals surface area contributed by atoms with Gasteiger partial charge in [0.05, 0.1) is 11.9 Å². The summed E-state index contributed by atoms with van der Waals surface area (Å²) < 4.78 is 0. The van der Waals surface area contributed by atoms with Crippen LogP contribution in [0.3, 0.4) is 0 Å². The second kappa shape index (κ2) is 4.48. The van der Waals surface area contributed by atoms with Crippen LogP contribution in [0.2, 0.25) is 0 Å². The number of aromatic nitrogens is 1. The lowest BCUT2D eigenvalue weighted by atomic mass is 10.2. The maximum absolute atomic E-state index is 5.55. The van der Waals surface area contributed by atoms with Crippen molar-refractivity contribution < 1.29 is 0 Å². The van der Waals surface area contributed by atoms with Gasteiger partial charge < -0.3 is 11.5 Å². The molecule has 3 nitrogen and oxygen atoms in total. The summed E-state index contributed by atoms with van der Waals surface area (Å²) in [6.07, 6.45) is 2.31. The summed E-state index contributed by atoms with van der Waals surface area (Å²) in [6, 6.07) is 1.86. The van der Waals surface area contributed by atoms with Gasteiger partial charge in [-0.1, -0.05) is 5.92 Å². The average Bonchev–Trinajstić information content (AvgIpc) is 2.09. The van der Waals surface area contributed by atoms with Gasteiger partial charge in [-0.25, -0.2) is 4.98 Å². The first-order valence-electron chi connectivity index (χ1n) is 4.15. The first-order valence-corrected chi connectivity index (χ1v) is 4.15. The van der Waals surface area contributed by atoms with Crippen molar-refractivity contribution in [3.8, 4) is 11.8 Å². The van der Waals surface area contributed by atoms with Crippen molar-refractivity contribution in [2.24, 2.45) is 5.73 Å². The summed E-state index contributed by atoms with van der Waals surface area (Å²) in [5.74, 6) is 5.88. The number of hydrogen-bond donors (Lipinski definition) is 2. The van der Waals surface area contributed by atoms with E-state index in [1.165, 1.54) is 0 Å². The number of nitrogens with zero attached hydrogens (tertiary/aromatic N) is 1. The highest BCUT2D eigenvalue weighted by molar-refractivity contribution is 5.44. The van der Waals surface area contributed by atoms with Gasteiger partial charge in [0, 0.05) is 13.0 Å². The Labute approximate surface area is 78.2 Å². The summed E-state index contributed by atoms with van der Waals surface area (Å²) in [5.41, 5.74) is 13.3. The van der Waals surface area contributed by atoms with Gasteiger partial charge in [0.1, 0.15) is 5.69 Å². The normalized spacial score (nSPS) is 9.08. The minimum Gasteiger partial charge on any atom is -0.397 e.